The van der Waals surface area contributed by atoms with Crippen molar-refractivity contribution in [2.75, 3.05) is 0 Å². The summed E-state index contributed by atoms with van der Waals surface area (Å²) < 4.78 is 19.4. The van der Waals surface area contributed by atoms with Crippen molar-refractivity contribution in [1.29, 1.82) is 0 Å². The van der Waals surface area contributed by atoms with Crippen molar-refractivity contribution in [3.63, 3.8) is 0 Å². The zero-order chi connectivity index (χ0) is 26.2. The Kier molecular flexibility index (Phi) is 4.10. The number of carbonyl (C=O) groups excluding carboxylic acids is 2. The molecule has 0 spiro atoms. The normalized spacial score (nSPS) is 64.5. The first-order chi connectivity index (χ1) is 17.3. The second-order valence-electron chi connectivity index (χ2n) is 14.7. The summed E-state index contributed by atoms with van der Waals surface area (Å²) in [4.78, 5) is 25.8. The molecule has 2 N–H and O–H groups in total. The molecule has 3 saturated heterocycles. The van der Waals surface area contributed by atoms with E-state index in [1.54, 1.807) is 0 Å². The highest BCUT2D eigenvalue weighted by molar-refractivity contribution is 5.76. The Morgan fingerprint density at radius 2 is 1.54 bits per heavy atom. The third-order valence-electron chi connectivity index (χ3n) is 13.5. The maximum atomic E-state index is 13.1. The second kappa shape index (κ2) is 6.47. The number of aliphatic hydroxyl groups excluding tert-OH is 1. The van der Waals surface area contributed by atoms with E-state index >= 15 is 0 Å². The van der Waals surface area contributed by atoms with Crippen molar-refractivity contribution in [1.82, 2.24) is 0 Å². The summed E-state index contributed by atoms with van der Waals surface area (Å²) in [6.45, 7) is 12.4. The Morgan fingerprint density at radius 1 is 0.892 bits per heavy atom. The van der Waals surface area contributed by atoms with Gasteiger partial charge in [-0.25, -0.2) is 0 Å². The molecule has 7 fully saturated rings. The molecule has 37 heavy (non-hydrogen) atoms. The Hall–Kier alpha value is -1.44. The van der Waals surface area contributed by atoms with Crippen LogP contribution in [-0.4, -0.2) is 57.3 Å². The molecule has 202 valence electrons. The smallest absolute Gasteiger partial charge is 0.309 e. The highest BCUT2D eigenvalue weighted by Gasteiger charge is 2.91. The number of fused-ring (bicyclic) bond motifs is 7. The number of rotatable bonds is 0. The van der Waals surface area contributed by atoms with E-state index in [1.807, 2.05) is 20.8 Å². The fourth-order valence-corrected chi connectivity index (χ4v) is 12.3. The molecule has 1 unspecified atom stereocenters. The van der Waals surface area contributed by atoms with Crippen LogP contribution in [0.2, 0.25) is 0 Å². The first-order valence-corrected chi connectivity index (χ1v) is 14.5. The number of carbonyl (C=O) groups is 2. The van der Waals surface area contributed by atoms with Crippen molar-refractivity contribution in [3.8, 4) is 0 Å². The first kappa shape index (κ1) is 23.4. The lowest BCUT2D eigenvalue weighted by Gasteiger charge is -2.55. The quantitative estimate of drug-likeness (QED) is 0.380. The zero-order valence-corrected chi connectivity index (χ0v) is 22.7. The Bertz CT molecular complexity index is 1170. The third kappa shape index (κ3) is 2.18. The van der Waals surface area contributed by atoms with Crippen molar-refractivity contribution >= 4 is 11.9 Å². The molecule has 3 aliphatic heterocycles. The molecular formula is C30H40O7. The largest absolute Gasteiger partial charge is 0.461 e. The van der Waals surface area contributed by atoms with E-state index < -0.39 is 28.3 Å². The fourth-order valence-electron chi connectivity index (χ4n) is 12.3. The molecule has 5 aliphatic carbocycles. The van der Waals surface area contributed by atoms with Gasteiger partial charge in [0.1, 0.15) is 17.8 Å². The second-order valence-corrected chi connectivity index (χ2v) is 14.7. The standard InChI is InChI=1S/C30H40O7/c1-11-14-7-9-27(4,34)20-16(21(14)35-25(11)32)13(3)19-17(20)18-22-28(5)10-8-15-12(2)26(33)36-24(15)30(19,22)29(6,37-28)23(18)31/h11-12,14-15,17-24,31,34H,7-10H2,1-6H3/t11-,12-,14-,15-,17-,18+,19-,20-,21-,22-,23-,24-,27-,28-,29?,30-/m0/s1. The Morgan fingerprint density at radius 3 is 2.27 bits per heavy atom. The van der Waals surface area contributed by atoms with Crippen LogP contribution in [0.4, 0.5) is 0 Å². The number of esters is 2. The molecule has 5 bridgehead atoms. The molecule has 7 heteroatoms. The van der Waals surface area contributed by atoms with Gasteiger partial charge >= 0.3 is 11.9 Å². The molecule has 4 saturated carbocycles. The predicted molar refractivity (Wildman–Crippen MR) is 131 cm³/mol. The predicted octanol–water partition coefficient (Wildman–Crippen LogP) is 3.01. The SMILES string of the molecule is CC1=C2[C@H]3OC(=O)[C@@H](C)[C@@H]3CC[C@](C)(O)[C@@H]2[C@H]2[C@@H]3[C@@H]4[C@]5([C@H]6OC(=O)[C@@H](C)[C@@H]6CC[C@]4(C)OC5(C)[C@H]3O)[C@@H]12. The minimum absolute atomic E-state index is 0.00116. The van der Waals surface area contributed by atoms with Gasteiger partial charge in [0.25, 0.3) is 0 Å². The highest BCUT2D eigenvalue weighted by atomic mass is 16.6. The summed E-state index contributed by atoms with van der Waals surface area (Å²) in [6.07, 6.45) is 1.71. The molecule has 0 radical (unpaired) electrons. The number of aliphatic hydroxyl groups is 2. The van der Waals surface area contributed by atoms with Gasteiger partial charge in [-0.15, -0.1) is 0 Å². The van der Waals surface area contributed by atoms with Gasteiger partial charge in [-0.2, -0.15) is 0 Å². The lowest BCUT2D eigenvalue weighted by atomic mass is 9.54. The van der Waals surface area contributed by atoms with Crippen LogP contribution >= 0.6 is 0 Å². The van der Waals surface area contributed by atoms with Crippen LogP contribution in [0.1, 0.15) is 67.2 Å². The van der Waals surface area contributed by atoms with Gasteiger partial charge in [0.2, 0.25) is 0 Å². The fraction of sp³-hybridized carbons (Fsp3) is 0.867. The summed E-state index contributed by atoms with van der Waals surface area (Å²) in [7, 11) is 0. The van der Waals surface area contributed by atoms with Crippen LogP contribution in [0, 0.1) is 58.7 Å². The first-order valence-electron chi connectivity index (χ1n) is 14.5. The Labute approximate surface area is 218 Å². The van der Waals surface area contributed by atoms with E-state index in [0.717, 1.165) is 24.8 Å². The average molecular weight is 513 g/mol. The van der Waals surface area contributed by atoms with Gasteiger partial charge in [-0.3, -0.25) is 9.59 Å². The molecule has 7 nitrogen and oxygen atoms in total. The lowest BCUT2D eigenvalue weighted by Crippen LogP contribution is -2.64. The number of hydrogen-bond acceptors (Lipinski definition) is 7. The zero-order valence-electron chi connectivity index (χ0n) is 22.7. The minimum atomic E-state index is -0.974. The van der Waals surface area contributed by atoms with Gasteiger partial charge in [-0.05, 0) is 76.7 Å². The van der Waals surface area contributed by atoms with Crippen molar-refractivity contribution in [3.05, 3.63) is 11.1 Å². The van der Waals surface area contributed by atoms with Gasteiger partial charge in [-0.1, -0.05) is 19.4 Å². The average Bonchev–Trinajstić information content (AvgIpc) is 3.53. The molecule has 8 aliphatic rings. The van der Waals surface area contributed by atoms with E-state index in [0.29, 0.717) is 6.42 Å². The summed E-state index contributed by atoms with van der Waals surface area (Å²) in [5.74, 6) is -0.748. The van der Waals surface area contributed by atoms with Crippen LogP contribution in [0.5, 0.6) is 0 Å². The molecule has 3 heterocycles. The molecule has 16 atom stereocenters. The maximum absolute atomic E-state index is 13.1. The van der Waals surface area contributed by atoms with Gasteiger partial charge in [0, 0.05) is 23.7 Å². The van der Waals surface area contributed by atoms with Crippen molar-refractivity contribution in [2.24, 2.45) is 58.7 Å². The Balaban J connectivity index is 1.39. The van der Waals surface area contributed by atoms with E-state index in [9.17, 15) is 19.8 Å². The summed E-state index contributed by atoms with van der Waals surface area (Å²) in [6, 6.07) is 0. The number of ether oxygens (including phenoxy) is 3. The highest BCUT2D eigenvalue weighted by Crippen LogP contribution is 2.85. The van der Waals surface area contributed by atoms with Crippen LogP contribution < -0.4 is 0 Å². The monoisotopic (exact) mass is 512 g/mol. The molecule has 0 aromatic heterocycles. The minimum Gasteiger partial charge on any atom is -0.461 e. The van der Waals surface area contributed by atoms with Crippen LogP contribution in [0.3, 0.4) is 0 Å². The summed E-state index contributed by atoms with van der Waals surface area (Å²) in [5.41, 5.74) is -0.528. The molecule has 0 amide bonds. The van der Waals surface area contributed by atoms with Crippen molar-refractivity contribution in [2.45, 2.75) is 102 Å². The number of hydrogen-bond donors (Lipinski definition) is 2. The lowest BCUT2D eigenvalue weighted by molar-refractivity contribution is -0.254. The molecular weight excluding hydrogens is 472 g/mol. The maximum Gasteiger partial charge on any atom is 0.309 e. The summed E-state index contributed by atoms with van der Waals surface area (Å²) in [5, 5.41) is 24.2. The van der Waals surface area contributed by atoms with E-state index in [2.05, 4.69) is 20.8 Å². The topological polar surface area (TPSA) is 102 Å². The van der Waals surface area contributed by atoms with E-state index in [1.165, 1.54) is 5.57 Å². The van der Waals surface area contributed by atoms with Gasteiger partial charge < -0.3 is 24.4 Å². The third-order valence-corrected chi connectivity index (χ3v) is 13.5. The molecule has 8 rings (SSSR count). The number of allylic oxidation sites excluding steroid dienone is 1. The van der Waals surface area contributed by atoms with Crippen LogP contribution in [-0.2, 0) is 23.8 Å². The van der Waals surface area contributed by atoms with Gasteiger partial charge in [0.15, 0.2) is 0 Å². The van der Waals surface area contributed by atoms with E-state index in [4.69, 9.17) is 14.2 Å². The molecule has 0 aromatic carbocycles. The van der Waals surface area contributed by atoms with Crippen molar-refractivity contribution < 1.29 is 34.0 Å². The van der Waals surface area contributed by atoms with Crippen LogP contribution in [0.15, 0.2) is 11.1 Å². The summed E-state index contributed by atoms with van der Waals surface area (Å²) >= 11 is 0. The molecule has 0 aromatic rings. The van der Waals surface area contributed by atoms with E-state index in [-0.39, 0.29) is 77.4 Å². The van der Waals surface area contributed by atoms with Crippen LogP contribution in [0.25, 0.3) is 0 Å². The van der Waals surface area contributed by atoms with Gasteiger partial charge in [0.05, 0.1) is 34.6 Å².